The van der Waals surface area contributed by atoms with E-state index in [1.165, 1.54) is 0 Å². The number of benzene rings is 2. The molecule has 8 heteroatoms. The quantitative estimate of drug-likeness (QED) is 0.417. The van der Waals surface area contributed by atoms with Crippen LogP contribution in [0.1, 0.15) is 40.5 Å². The molecule has 0 unspecified atom stereocenters. The van der Waals surface area contributed by atoms with Crippen LogP contribution < -0.4 is 5.32 Å². The van der Waals surface area contributed by atoms with Crippen LogP contribution in [-0.4, -0.2) is 25.5 Å². The maximum atomic E-state index is 13.2. The number of aromatic nitrogens is 4. The zero-order chi connectivity index (χ0) is 21.4. The van der Waals surface area contributed by atoms with Gasteiger partial charge in [-0.2, -0.15) is 10.2 Å². The van der Waals surface area contributed by atoms with Gasteiger partial charge in [0, 0.05) is 22.0 Å². The van der Waals surface area contributed by atoms with E-state index >= 15 is 0 Å². The second kappa shape index (κ2) is 8.21. The summed E-state index contributed by atoms with van der Waals surface area (Å²) in [5, 5.41) is 13.1. The van der Waals surface area contributed by atoms with Gasteiger partial charge in [-0.3, -0.25) is 4.79 Å². The predicted octanol–water partition coefficient (Wildman–Crippen LogP) is 5.55. The van der Waals surface area contributed by atoms with E-state index in [1.54, 1.807) is 33.8 Å². The van der Waals surface area contributed by atoms with Crippen molar-refractivity contribution in [3.8, 4) is 5.69 Å². The molecule has 2 aromatic heterocycles. The van der Waals surface area contributed by atoms with Gasteiger partial charge >= 0.3 is 0 Å². The van der Waals surface area contributed by atoms with Crippen molar-refractivity contribution in [2.24, 2.45) is 0 Å². The molecule has 0 radical (unpaired) electrons. The van der Waals surface area contributed by atoms with E-state index in [2.05, 4.69) is 10.4 Å². The minimum absolute atomic E-state index is 0.243. The number of rotatable bonds is 6. The Morgan fingerprint density at radius 3 is 2.61 bits per heavy atom. The lowest BCUT2D eigenvalue weighted by molar-refractivity contribution is 0.101. The molecule has 0 bridgehead atoms. The van der Waals surface area contributed by atoms with Crippen LogP contribution >= 0.6 is 23.2 Å². The van der Waals surface area contributed by atoms with E-state index in [9.17, 15) is 4.79 Å². The van der Waals surface area contributed by atoms with Crippen molar-refractivity contribution in [3.63, 3.8) is 0 Å². The molecule has 1 amide bonds. The molecule has 1 N–H and O–H groups in total. The number of amides is 1. The van der Waals surface area contributed by atoms with Crippen LogP contribution in [0.5, 0.6) is 0 Å². The Bertz CT molecular complexity index is 1240. The fraction of sp³-hybridized carbons (Fsp3) is 0.174. The van der Waals surface area contributed by atoms with Crippen molar-refractivity contribution in [1.82, 2.24) is 19.6 Å². The first kappa shape index (κ1) is 19.8. The molecule has 1 saturated carbocycles. The molecule has 2 aromatic carbocycles. The molecule has 2 heterocycles. The summed E-state index contributed by atoms with van der Waals surface area (Å²) in [6.45, 7) is 0.407. The highest BCUT2D eigenvalue weighted by Gasteiger charge is 2.29. The summed E-state index contributed by atoms with van der Waals surface area (Å²) in [6, 6.07) is 18.6. The summed E-state index contributed by atoms with van der Waals surface area (Å²) in [5.74, 6) is 0.770. The Labute approximate surface area is 189 Å². The Balaban J connectivity index is 1.42. The molecule has 5 rings (SSSR count). The van der Waals surface area contributed by atoms with E-state index in [-0.39, 0.29) is 5.91 Å². The van der Waals surface area contributed by atoms with E-state index in [0.717, 1.165) is 29.8 Å². The number of hydrogen-bond donors (Lipinski definition) is 1. The van der Waals surface area contributed by atoms with Crippen LogP contribution in [0, 0.1) is 0 Å². The summed E-state index contributed by atoms with van der Waals surface area (Å²) in [6.07, 6.45) is 3.87. The first-order chi connectivity index (χ1) is 15.1. The molecule has 156 valence electrons. The van der Waals surface area contributed by atoms with Gasteiger partial charge in [-0.25, -0.2) is 9.36 Å². The molecule has 31 heavy (non-hydrogen) atoms. The summed E-state index contributed by atoms with van der Waals surface area (Å²) in [7, 11) is 0. The molecule has 1 fully saturated rings. The van der Waals surface area contributed by atoms with Crippen molar-refractivity contribution in [1.29, 1.82) is 0 Å². The second-order valence-electron chi connectivity index (χ2n) is 7.54. The van der Waals surface area contributed by atoms with Crippen molar-refractivity contribution < 1.29 is 4.79 Å². The molecule has 1 aliphatic carbocycles. The molecule has 0 aliphatic heterocycles. The second-order valence-corrected chi connectivity index (χ2v) is 8.38. The molecule has 4 aromatic rings. The molecular weight excluding hydrogens is 433 g/mol. The van der Waals surface area contributed by atoms with Gasteiger partial charge in [-0.1, -0.05) is 47.5 Å². The Kier molecular flexibility index (Phi) is 5.26. The SMILES string of the molecule is O=C(Nc1ccnn1Cc1ccc(Cl)cc1Cl)c1cc(C2CC2)nn1-c1ccccc1. The summed E-state index contributed by atoms with van der Waals surface area (Å²) < 4.78 is 3.40. The van der Waals surface area contributed by atoms with Crippen molar-refractivity contribution in [3.05, 3.63) is 93.9 Å². The Morgan fingerprint density at radius 2 is 1.87 bits per heavy atom. The third-order valence-corrected chi connectivity index (χ3v) is 5.84. The minimum atomic E-state index is -0.243. The average Bonchev–Trinajstić information content (AvgIpc) is 3.37. The lowest BCUT2D eigenvalue weighted by Crippen LogP contribution is -2.19. The molecule has 0 atom stereocenters. The Hall–Kier alpha value is -3.09. The number of anilines is 1. The lowest BCUT2D eigenvalue weighted by Gasteiger charge is -2.11. The number of hydrogen-bond acceptors (Lipinski definition) is 3. The standard InChI is InChI=1S/C23H19Cl2N5O/c24-17-9-8-16(19(25)12-17)14-29-22(10-11-26-29)27-23(31)21-13-20(15-6-7-15)28-30(21)18-4-2-1-3-5-18/h1-5,8-13,15H,6-7,14H2,(H,27,31). The van der Waals surface area contributed by atoms with Crippen molar-refractivity contribution in [2.75, 3.05) is 5.32 Å². The van der Waals surface area contributed by atoms with Gasteiger partial charge in [0.1, 0.15) is 11.5 Å². The minimum Gasteiger partial charge on any atom is -0.305 e. The lowest BCUT2D eigenvalue weighted by atomic mass is 10.2. The first-order valence-corrected chi connectivity index (χ1v) is 10.8. The third kappa shape index (κ3) is 4.22. The number of para-hydroxylation sites is 1. The smallest absolute Gasteiger partial charge is 0.275 e. The maximum Gasteiger partial charge on any atom is 0.275 e. The fourth-order valence-electron chi connectivity index (χ4n) is 3.46. The average molecular weight is 452 g/mol. The highest BCUT2D eigenvalue weighted by Crippen LogP contribution is 2.39. The van der Waals surface area contributed by atoms with E-state index in [1.807, 2.05) is 42.5 Å². The normalized spacial score (nSPS) is 13.4. The number of carbonyl (C=O) groups excluding carboxylic acids is 1. The highest BCUT2D eigenvalue weighted by atomic mass is 35.5. The van der Waals surface area contributed by atoms with Crippen LogP contribution in [0.2, 0.25) is 10.0 Å². The van der Waals surface area contributed by atoms with Crippen LogP contribution in [0.3, 0.4) is 0 Å². The van der Waals surface area contributed by atoms with Crippen molar-refractivity contribution >= 4 is 34.9 Å². The van der Waals surface area contributed by atoms with Gasteiger partial charge in [0.2, 0.25) is 0 Å². The number of halogens is 2. The molecule has 0 spiro atoms. The maximum absolute atomic E-state index is 13.2. The molecule has 1 aliphatic rings. The fourth-order valence-corrected chi connectivity index (χ4v) is 3.93. The van der Waals surface area contributed by atoms with Crippen LogP contribution in [-0.2, 0) is 6.54 Å². The van der Waals surface area contributed by atoms with Gasteiger partial charge in [0.25, 0.3) is 5.91 Å². The third-order valence-electron chi connectivity index (χ3n) is 5.25. The summed E-state index contributed by atoms with van der Waals surface area (Å²) in [5.41, 5.74) is 3.15. The molecular formula is C23H19Cl2N5O. The zero-order valence-corrected chi connectivity index (χ0v) is 18.0. The molecule has 6 nitrogen and oxygen atoms in total. The van der Waals surface area contributed by atoms with E-state index in [0.29, 0.717) is 34.0 Å². The number of nitrogens with one attached hydrogen (secondary N) is 1. The monoisotopic (exact) mass is 451 g/mol. The topological polar surface area (TPSA) is 64.7 Å². The largest absolute Gasteiger partial charge is 0.305 e. The van der Waals surface area contributed by atoms with Gasteiger partial charge < -0.3 is 5.32 Å². The van der Waals surface area contributed by atoms with Gasteiger partial charge in [0.15, 0.2) is 0 Å². The van der Waals surface area contributed by atoms with Gasteiger partial charge in [-0.05, 0) is 48.7 Å². The number of nitrogens with zero attached hydrogens (tertiary/aromatic N) is 4. The summed E-state index contributed by atoms with van der Waals surface area (Å²) >= 11 is 12.3. The highest BCUT2D eigenvalue weighted by molar-refractivity contribution is 6.35. The first-order valence-electron chi connectivity index (χ1n) is 10.0. The van der Waals surface area contributed by atoms with Crippen molar-refractivity contribution in [2.45, 2.75) is 25.3 Å². The van der Waals surface area contributed by atoms with E-state index < -0.39 is 0 Å². The van der Waals surface area contributed by atoms with Crippen LogP contribution in [0.25, 0.3) is 5.69 Å². The van der Waals surface area contributed by atoms with Crippen LogP contribution in [0.4, 0.5) is 5.82 Å². The summed E-state index contributed by atoms with van der Waals surface area (Å²) in [4.78, 5) is 13.2. The molecule has 0 saturated heterocycles. The predicted molar refractivity (Wildman–Crippen MR) is 121 cm³/mol. The number of carbonyl (C=O) groups is 1. The Morgan fingerprint density at radius 1 is 1.06 bits per heavy atom. The van der Waals surface area contributed by atoms with E-state index in [4.69, 9.17) is 28.3 Å². The van der Waals surface area contributed by atoms with Gasteiger partial charge in [-0.15, -0.1) is 0 Å². The van der Waals surface area contributed by atoms with Gasteiger partial charge in [0.05, 0.1) is 24.1 Å². The van der Waals surface area contributed by atoms with Crippen LogP contribution in [0.15, 0.2) is 66.9 Å². The zero-order valence-electron chi connectivity index (χ0n) is 16.5.